The monoisotopic (exact) mass is 191 g/mol. The molecule has 0 fully saturated rings. The van der Waals surface area contributed by atoms with Crippen LogP contribution in [-0.2, 0) is 0 Å². The van der Waals surface area contributed by atoms with Gasteiger partial charge in [0.25, 0.3) is 0 Å². The van der Waals surface area contributed by atoms with Crippen molar-refractivity contribution in [1.82, 2.24) is 0 Å². The first-order valence-electron chi connectivity index (χ1n) is 2.24. The number of nitrogens with zero attached hydrogens (tertiary/aromatic N) is 1. The zero-order chi connectivity index (χ0) is 9.54. The van der Waals surface area contributed by atoms with Crippen LogP contribution in [0.25, 0.3) is 5.32 Å². The summed E-state index contributed by atoms with van der Waals surface area (Å²) in [5.74, 6) is 0. The Kier molecular flexibility index (Phi) is 82.2. The van der Waals surface area contributed by atoms with Gasteiger partial charge in [-0.15, -0.1) is 0 Å². The minimum absolute atomic E-state index is 0. The van der Waals surface area contributed by atoms with Crippen molar-refractivity contribution >= 4 is 0 Å². The second kappa shape index (κ2) is 43.4. The van der Waals surface area contributed by atoms with E-state index in [-0.39, 0.29) is 18.9 Å². The van der Waals surface area contributed by atoms with Gasteiger partial charge in [0.05, 0.1) is 0 Å². The summed E-state index contributed by atoms with van der Waals surface area (Å²) in [6.45, 7) is -5.31. The number of rotatable bonds is 2. The largest absolute Gasteiger partial charge is 1.00 e. The quantitative estimate of drug-likeness (QED) is 0.331. The molecule has 0 aliphatic carbocycles. The van der Waals surface area contributed by atoms with Crippen LogP contribution in [-0.4, -0.2) is 27.5 Å². The van der Waals surface area contributed by atoms with Gasteiger partial charge in [-0.05, 0) is 0 Å². The standard InChI is InChI=1S/C2H4F2N.2CH2F2.Li/c3-1-5-2-4;2*2-1-3;/h1-2H2;2*1H2;/q-1;;;+1. The van der Waals surface area contributed by atoms with E-state index in [1.807, 2.05) is 0 Å². The van der Waals surface area contributed by atoms with E-state index in [1.165, 1.54) is 0 Å². The molecule has 12 heavy (non-hydrogen) atoms. The molecule has 0 aromatic rings. The van der Waals surface area contributed by atoms with Gasteiger partial charge in [-0.1, -0.05) is 0 Å². The Labute approximate surface area is 78.7 Å². The summed E-state index contributed by atoms with van der Waals surface area (Å²) < 4.78 is 59.7. The Morgan fingerprint density at radius 1 is 0.667 bits per heavy atom. The van der Waals surface area contributed by atoms with Gasteiger partial charge in [0, 0.05) is 13.6 Å². The van der Waals surface area contributed by atoms with Crippen molar-refractivity contribution in [1.29, 1.82) is 0 Å². The molecular weight excluding hydrogens is 183 g/mol. The Balaban J connectivity index is -0.0000000406. The van der Waals surface area contributed by atoms with Crippen molar-refractivity contribution < 1.29 is 45.2 Å². The summed E-state index contributed by atoms with van der Waals surface area (Å²) >= 11 is 0. The van der Waals surface area contributed by atoms with E-state index >= 15 is 0 Å². The number of hydrogen-bond donors (Lipinski definition) is 0. The second-order valence-corrected chi connectivity index (χ2v) is 0.665. The smallest absolute Gasteiger partial charge is 0.608 e. The third-order valence-corrected chi connectivity index (χ3v) is 0.169. The fourth-order valence-electron chi connectivity index (χ4n) is 0.0319. The van der Waals surface area contributed by atoms with Gasteiger partial charge in [-0.2, -0.15) is 0 Å². The predicted octanol–water partition coefficient (Wildman–Crippen LogP) is -0.0161. The SMILES string of the molecule is FCF.FCF.FC[N-]CF.[Li+]. The molecule has 0 aliphatic heterocycles. The molecule has 0 aliphatic rings. The maximum Gasteiger partial charge on any atom is 1.00 e. The van der Waals surface area contributed by atoms with Crippen LogP contribution >= 0.6 is 0 Å². The molecule has 0 saturated carbocycles. The van der Waals surface area contributed by atoms with Crippen molar-refractivity contribution in [2.45, 2.75) is 0 Å². The van der Waals surface area contributed by atoms with E-state index < -0.39 is 27.5 Å². The molecule has 0 N–H and O–H groups in total. The van der Waals surface area contributed by atoms with Crippen LogP contribution < -0.4 is 18.9 Å². The summed E-state index contributed by atoms with van der Waals surface area (Å²) in [4.78, 5) is 0. The van der Waals surface area contributed by atoms with E-state index in [2.05, 4.69) is 5.32 Å². The van der Waals surface area contributed by atoms with Gasteiger partial charge in [0.1, 0.15) is 0 Å². The van der Waals surface area contributed by atoms with E-state index in [4.69, 9.17) is 0 Å². The van der Waals surface area contributed by atoms with E-state index in [1.54, 1.807) is 0 Å². The molecule has 0 radical (unpaired) electrons. The van der Waals surface area contributed by atoms with Crippen molar-refractivity contribution in [2.24, 2.45) is 0 Å². The molecule has 0 aromatic heterocycles. The second-order valence-electron chi connectivity index (χ2n) is 0.665. The summed E-state index contributed by atoms with van der Waals surface area (Å²) in [6.07, 6.45) is 0. The average molecular weight is 191 g/mol. The molecule has 1 nitrogen and oxygen atoms in total. The van der Waals surface area contributed by atoms with Crippen LogP contribution in [0.5, 0.6) is 0 Å². The summed E-state index contributed by atoms with van der Waals surface area (Å²) in [7, 11) is 0. The first-order valence-corrected chi connectivity index (χ1v) is 2.24. The molecule has 72 valence electrons. The van der Waals surface area contributed by atoms with Gasteiger partial charge in [-0.3, -0.25) is 8.78 Å². The van der Waals surface area contributed by atoms with E-state index in [0.717, 1.165) is 0 Å². The molecular formula is C4H8F6LiN. The summed E-state index contributed by atoms with van der Waals surface area (Å²) in [5.41, 5.74) is 0. The number of alkyl halides is 6. The maximum absolute atomic E-state index is 10.6. The Hall–Kier alpha value is 0.137. The topological polar surface area (TPSA) is 14.1 Å². The minimum Gasteiger partial charge on any atom is -0.608 e. The van der Waals surface area contributed by atoms with Crippen LogP contribution in [0.1, 0.15) is 0 Å². The number of halogens is 6. The Morgan fingerprint density at radius 2 is 0.833 bits per heavy atom. The van der Waals surface area contributed by atoms with Gasteiger partial charge in [0.2, 0.25) is 13.9 Å². The minimum atomic E-state index is -1.75. The molecule has 0 spiro atoms. The molecule has 0 saturated heterocycles. The first-order chi connectivity index (χ1) is 5.24. The van der Waals surface area contributed by atoms with Crippen LogP contribution in [0.15, 0.2) is 0 Å². The molecule has 8 heteroatoms. The Bertz CT molecular complexity index is 38.7. The van der Waals surface area contributed by atoms with Crippen LogP contribution in [0.4, 0.5) is 26.3 Å². The average Bonchev–Trinajstić information content (AvgIpc) is 1.92. The fraction of sp³-hybridized carbons (Fsp3) is 1.00. The van der Waals surface area contributed by atoms with Crippen LogP contribution in [0.2, 0.25) is 0 Å². The fourth-order valence-corrected chi connectivity index (χ4v) is 0.0319. The summed E-state index contributed by atoms with van der Waals surface area (Å²) in [6, 6.07) is 0. The molecule has 0 unspecified atom stereocenters. The van der Waals surface area contributed by atoms with Crippen LogP contribution in [0, 0.1) is 0 Å². The Morgan fingerprint density at radius 3 is 0.833 bits per heavy atom. The van der Waals surface area contributed by atoms with Crippen LogP contribution in [0.3, 0.4) is 0 Å². The van der Waals surface area contributed by atoms with E-state index in [0.29, 0.717) is 0 Å². The zero-order valence-electron chi connectivity index (χ0n) is 6.54. The van der Waals surface area contributed by atoms with Crippen molar-refractivity contribution in [2.75, 3.05) is 27.5 Å². The molecule has 0 atom stereocenters. The normalized spacial score (nSPS) is 6.50. The molecule has 0 heterocycles. The molecule has 0 rings (SSSR count). The van der Waals surface area contributed by atoms with Gasteiger partial charge >= 0.3 is 18.9 Å². The van der Waals surface area contributed by atoms with Crippen molar-refractivity contribution in [3.63, 3.8) is 0 Å². The van der Waals surface area contributed by atoms with Gasteiger partial charge in [-0.25, -0.2) is 17.6 Å². The molecule has 0 aromatic carbocycles. The van der Waals surface area contributed by atoms with Gasteiger partial charge in [0.15, 0.2) is 0 Å². The zero-order valence-corrected chi connectivity index (χ0v) is 6.54. The van der Waals surface area contributed by atoms with Crippen molar-refractivity contribution in [3.05, 3.63) is 5.32 Å². The summed E-state index contributed by atoms with van der Waals surface area (Å²) in [5, 5.41) is 2.64. The third-order valence-electron chi connectivity index (χ3n) is 0.169. The predicted molar refractivity (Wildman–Crippen MR) is 29.5 cm³/mol. The first kappa shape index (κ1) is 22.7. The van der Waals surface area contributed by atoms with Gasteiger partial charge < -0.3 is 5.32 Å². The molecule has 0 bridgehead atoms. The number of hydrogen-bond acceptors (Lipinski definition) is 0. The van der Waals surface area contributed by atoms with E-state index in [9.17, 15) is 26.3 Å². The molecule has 0 amide bonds. The third kappa shape index (κ3) is 185. The maximum atomic E-state index is 10.6. The van der Waals surface area contributed by atoms with Crippen molar-refractivity contribution in [3.8, 4) is 0 Å².